The number of nitrogens with one attached hydrogen (secondary N) is 2. The Labute approximate surface area is 219 Å². The number of amides is 3. The molecule has 2 spiro atoms. The lowest BCUT2D eigenvalue weighted by Crippen LogP contribution is -2.55. The first-order valence-corrected chi connectivity index (χ1v) is 13.2. The van der Waals surface area contributed by atoms with Crippen LogP contribution in [0.5, 0.6) is 0 Å². The fourth-order valence-electron chi connectivity index (χ4n) is 6.15. The summed E-state index contributed by atoms with van der Waals surface area (Å²) in [6.45, 7) is 6.15. The summed E-state index contributed by atoms with van der Waals surface area (Å²) in [6, 6.07) is 6.32. The molecule has 2 N–H and O–H groups in total. The summed E-state index contributed by atoms with van der Waals surface area (Å²) < 4.78 is 0. The number of fused-ring (bicyclic) bond motifs is 1. The van der Waals surface area contributed by atoms with Crippen molar-refractivity contribution in [1.82, 2.24) is 20.1 Å². The number of aryl methyl sites for hydroxylation is 1. The molecular formula is C28H34BN5O3. The molecule has 3 heterocycles. The van der Waals surface area contributed by atoms with Crippen molar-refractivity contribution in [2.45, 2.75) is 76.9 Å². The molecule has 192 valence electrons. The van der Waals surface area contributed by atoms with Crippen LogP contribution in [0.4, 0.5) is 0 Å². The van der Waals surface area contributed by atoms with Gasteiger partial charge >= 0.3 is 0 Å². The second-order valence-corrected chi connectivity index (χ2v) is 11.9. The molecule has 1 aromatic heterocycles. The molecule has 2 aromatic rings. The van der Waals surface area contributed by atoms with Gasteiger partial charge in [-0.3, -0.25) is 14.4 Å². The number of hydrogen-bond acceptors (Lipinski definition) is 4. The second kappa shape index (κ2) is 8.93. The van der Waals surface area contributed by atoms with Gasteiger partial charge in [-0.1, -0.05) is 25.4 Å². The van der Waals surface area contributed by atoms with Crippen LogP contribution in [-0.4, -0.2) is 71.6 Å². The standard InChI is InChI=1S/C28H34BN5O3/c1-16(2)9-23(33(4)24(35)22-12-19-20(29)10-17(3)11-21(19)31-22)25(36)34-15-27(13-18(34)14-30)5-6-28(7-8-28)32-26(27)37/h10-12,16,18,23,31H,5-9,13,15H2,1-4H3,(H,32,37)/t18?,23?,27-/m0/s1. The highest BCUT2D eigenvalue weighted by Gasteiger charge is 2.59. The number of H-pyrrole nitrogens is 1. The number of likely N-dealkylation sites (tertiary alicyclic amines) is 1. The minimum Gasteiger partial charge on any atom is -0.351 e. The van der Waals surface area contributed by atoms with Crippen molar-refractivity contribution in [3.63, 3.8) is 0 Å². The Morgan fingerprint density at radius 1 is 1.24 bits per heavy atom. The van der Waals surface area contributed by atoms with E-state index in [9.17, 15) is 19.6 Å². The number of hydrogen-bond donors (Lipinski definition) is 2. The van der Waals surface area contributed by atoms with Crippen molar-refractivity contribution in [2.75, 3.05) is 13.6 Å². The minimum atomic E-state index is -0.759. The highest BCUT2D eigenvalue weighted by Crippen LogP contribution is 2.50. The molecule has 3 aliphatic rings. The number of nitriles is 1. The highest BCUT2D eigenvalue weighted by molar-refractivity contribution is 6.39. The lowest BCUT2D eigenvalue weighted by Gasteiger charge is -2.37. The van der Waals surface area contributed by atoms with Gasteiger partial charge in [-0.25, -0.2) is 0 Å². The second-order valence-electron chi connectivity index (χ2n) is 11.9. The van der Waals surface area contributed by atoms with Crippen LogP contribution in [0.1, 0.15) is 68.4 Å². The third-order valence-electron chi connectivity index (χ3n) is 8.57. The van der Waals surface area contributed by atoms with Crippen molar-refractivity contribution in [2.24, 2.45) is 11.3 Å². The van der Waals surface area contributed by atoms with Gasteiger partial charge in [-0.15, -0.1) is 0 Å². The van der Waals surface area contributed by atoms with Gasteiger partial charge in [0.15, 0.2) is 0 Å². The van der Waals surface area contributed by atoms with Crippen LogP contribution < -0.4 is 10.8 Å². The molecule has 2 saturated heterocycles. The SMILES string of the molecule is [B]c1cc(C)cc2[nH]c(C(=O)N(C)C(CC(C)C)C(=O)N3C[C@]4(CCC5(CC5)NC4=O)CC3C#N)cc12. The Hall–Kier alpha value is -3.28. The van der Waals surface area contributed by atoms with Gasteiger partial charge in [0.25, 0.3) is 5.91 Å². The van der Waals surface area contributed by atoms with Gasteiger partial charge in [0, 0.05) is 24.6 Å². The van der Waals surface area contributed by atoms with Crippen molar-refractivity contribution in [1.29, 1.82) is 5.26 Å². The normalized spacial score (nSPS) is 24.9. The molecule has 1 aromatic carbocycles. The maximum atomic E-state index is 14.0. The number of benzene rings is 1. The number of piperidine rings is 1. The van der Waals surface area contributed by atoms with Gasteiger partial charge in [0.2, 0.25) is 11.8 Å². The van der Waals surface area contributed by atoms with Crippen molar-refractivity contribution >= 4 is 41.9 Å². The van der Waals surface area contributed by atoms with E-state index in [1.165, 1.54) is 4.90 Å². The van der Waals surface area contributed by atoms with E-state index in [-0.39, 0.29) is 35.7 Å². The van der Waals surface area contributed by atoms with Crippen LogP contribution in [0.3, 0.4) is 0 Å². The Kier molecular flexibility index (Phi) is 6.13. The molecule has 1 saturated carbocycles. The van der Waals surface area contributed by atoms with E-state index >= 15 is 0 Å². The smallest absolute Gasteiger partial charge is 0.270 e. The summed E-state index contributed by atoms with van der Waals surface area (Å²) in [6.07, 6.45) is 4.35. The summed E-state index contributed by atoms with van der Waals surface area (Å²) in [5.41, 5.74) is 1.89. The number of rotatable bonds is 5. The average Bonchev–Trinajstić information content (AvgIpc) is 3.28. The summed E-state index contributed by atoms with van der Waals surface area (Å²) in [5.74, 6) is -0.502. The van der Waals surface area contributed by atoms with Crippen LogP contribution >= 0.6 is 0 Å². The third kappa shape index (κ3) is 4.41. The summed E-state index contributed by atoms with van der Waals surface area (Å²) in [4.78, 5) is 46.9. The zero-order valence-electron chi connectivity index (χ0n) is 22.1. The lowest BCUT2D eigenvalue weighted by atomic mass is 9.75. The first-order valence-electron chi connectivity index (χ1n) is 13.2. The molecule has 8 nitrogen and oxygen atoms in total. The van der Waals surface area contributed by atoms with E-state index in [2.05, 4.69) is 16.4 Å². The molecule has 37 heavy (non-hydrogen) atoms. The topological polar surface area (TPSA) is 109 Å². The van der Waals surface area contributed by atoms with Crippen LogP contribution in [-0.2, 0) is 9.59 Å². The Morgan fingerprint density at radius 2 is 1.95 bits per heavy atom. The van der Waals surface area contributed by atoms with Gasteiger partial charge in [-0.2, -0.15) is 5.26 Å². The van der Waals surface area contributed by atoms with E-state index in [0.717, 1.165) is 35.7 Å². The first-order chi connectivity index (χ1) is 17.5. The zero-order chi connectivity index (χ0) is 26.7. The van der Waals surface area contributed by atoms with E-state index in [1.54, 1.807) is 18.0 Å². The van der Waals surface area contributed by atoms with Crippen LogP contribution in [0, 0.1) is 29.6 Å². The summed E-state index contributed by atoms with van der Waals surface area (Å²) >= 11 is 0. The molecule has 2 aliphatic heterocycles. The molecular weight excluding hydrogens is 465 g/mol. The van der Waals surface area contributed by atoms with Crippen LogP contribution in [0.2, 0.25) is 0 Å². The molecule has 3 atom stereocenters. The Bertz CT molecular complexity index is 1320. The largest absolute Gasteiger partial charge is 0.351 e. The number of carbonyl (C=O) groups is 3. The quantitative estimate of drug-likeness (QED) is 0.616. The number of aromatic amines is 1. The molecule has 1 aliphatic carbocycles. The molecule has 9 heteroatoms. The lowest BCUT2D eigenvalue weighted by molar-refractivity contribution is -0.139. The van der Waals surface area contributed by atoms with Crippen molar-refractivity contribution in [3.8, 4) is 6.07 Å². The van der Waals surface area contributed by atoms with Gasteiger partial charge in [0.1, 0.15) is 25.6 Å². The summed E-state index contributed by atoms with van der Waals surface area (Å²) in [7, 11) is 7.79. The third-order valence-corrected chi connectivity index (χ3v) is 8.57. The van der Waals surface area contributed by atoms with E-state index in [0.29, 0.717) is 30.4 Å². The van der Waals surface area contributed by atoms with E-state index in [1.807, 2.05) is 32.9 Å². The van der Waals surface area contributed by atoms with Crippen LogP contribution in [0.15, 0.2) is 18.2 Å². The fraction of sp³-hybridized carbons (Fsp3) is 0.571. The fourth-order valence-corrected chi connectivity index (χ4v) is 6.15. The molecule has 5 rings (SSSR count). The zero-order valence-corrected chi connectivity index (χ0v) is 22.1. The number of carbonyl (C=O) groups excluding carboxylic acids is 3. The first kappa shape index (κ1) is 25.4. The average molecular weight is 499 g/mol. The predicted octanol–water partition coefficient (Wildman–Crippen LogP) is 2.31. The Morgan fingerprint density at radius 3 is 2.57 bits per heavy atom. The monoisotopic (exact) mass is 499 g/mol. The maximum absolute atomic E-state index is 14.0. The number of nitrogens with zero attached hydrogens (tertiary/aromatic N) is 3. The number of aromatic nitrogens is 1. The van der Waals surface area contributed by atoms with E-state index in [4.69, 9.17) is 7.85 Å². The minimum absolute atomic E-state index is 0.0393. The highest BCUT2D eigenvalue weighted by atomic mass is 16.2. The van der Waals surface area contributed by atoms with Crippen molar-refractivity contribution < 1.29 is 14.4 Å². The van der Waals surface area contributed by atoms with E-state index < -0.39 is 17.5 Å². The van der Waals surface area contributed by atoms with Crippen LogP contribution in [0.25, 0.3) is 10.9 Å². The maximum Gasteiger partial charge on any atom is 0.270 e. The molecule has 2 radical (unpaired) electrons. The molecule has 3 amide bonds. The number of likely N-dealkylation sites (N-methyl/N-ethyl adjacent to an activating group) is 1. The van der Waals surface area contributed by atoms with Gasteiger partial charge in [-0.05, 0) is 74.4 Å². The summed E-state index contributed by atoms with van der Waals surface area (Å²) in [5, 5.41) is 13.9. The molecule has 0 bridgehead atoms. The molecule has 3 fully saturated rings. The van der Waals surface area contributed by atoms with Gasteiger partial charge < -0.3 is 20.1 Å². The predicted molar refractivity (Wildman–Crippen MR) is 141 cm³/mol. The molecule has 2 unspecified atom stereocenters. The Balaban J connectivity index is 1.40. The van der Waals surface area contributed by atoms with Gasteiger partial charge in [0.05, 0.1) is 11.5 Å². The van der Waals surface area contributed by atoms with Crippen molar-refractivity contribution in [3.05, 3.63) is 29.5 Å².